The number of imidazole rings is 4. The van der Waals surface area contributed by atoms with Crippen LogP contribution >= 0.6 is 23.5 Å². The second-order valence-corrected chi connectivity index (χ2v) is 21.6. The van der Waals surface area contributed by atoms with Gasteiger partial charge < -0.3 is 57.5 Å². The molecule has 2 aliphatic rings. The van der Waals surface area contributed by atoms with Gasteiger partial charge in [0.25, 0.3) is 0 Å². The van der Waals surface area contributed by atoms with Gasteiger partial charge in [0.15, 0.2) is 24.0 Å². The molecule has 0 spiro atoms. The van der Waals surface area contributed by atoms with Crippen LogP contribution in [0.3, 0.4) is 0 Å². The fourth-order valence-electron chi connectivity index (χ4n) is 8.06. The third kappa shape index (κ3) is 24.1. The maximum Gasteiger partial charge on any atom is 0.361 e. The molecule has 0 radical (unpaired) electrons. The fraction of sp³-hybridized carbons (Fsp3) is 0.526. The van der Waals surface area contributed by atoms with Crippen molar-refractivity contribution in [1.82, 2.24) is 53.2 Å². The molecule has 25 heteroatoms. The number of nitrogens with two attached hydrogens (primary N) is 1. The Morgan fingerprint density at radius 2 is 1.38 bits per heavy atom. The van der Waals surface area contributed by atoms with Gasteiger partial charge >= 0.3 is 5.84 Å². The van der Waals surface area contributed by atoms with E-state index in [2.05, 4.69) is 64.4 Å². The molecule has 0 saturated carbocycles. The van der Waals surface area contributed by atoms with E-state index in [0.29, 0.717) is 65.3 Å². The summed E-state index contributed by atoms with van der Waals surface area (Å²) in [5.74, 6) is 8.70. The van der Waals surface area contributed by atoms with Gasteiger partial charge in [-0.2, -0.15) is 23.5 Å². The Morgan fingerprint density at radius 3 is 2.01 bits per heavy atom. The van der Waals surface area contributed by atoms with Gasteiger partial charge in [0, 0.05) is 153 Å². The number of amidine groups is 1. The topological polar surface area (TPSA) is 231 Å². The van der Waals surface area contributed by atoms with Crippen LogP contribution in [0.25, 0.3) is 11.6 Å². The van der Waals surface area contributed by atoms with Crippen LogP contribution < -0.4 is 5.73 Å². The maximum atomic E-state index is 10.6. The van der Waals surface area contributed by atoms with Crippen LogP contribution in [-0.2, 0) is 95.5 Å². The van der Waals surface area contributed by atoms with Crippen LogP contribution in [0.1, 0.15) is 42.7 Å². The van der Waals surface area contributed by atoms with Gasteiger partial charge in [-0.15, -0.1) is 11.7 Å². The zero-order valence-corrected chi connectivity index (χ0v) is 52.3. The van der Waals surface area contributed by atoms with E-state index in [1.165, 1.54) is 0 Å². The molecule has 0 amide bonds. The van der Waals surface area contributed by atoms with Gasteiger partial charge in [0.2, 0.25) is 5.82 Å². The van der Waals surface area contributed by atoms with Gasteiger partial charge in [-0.05, 0) is 29.9 Å². The monoisotopic (exact) mass is 1350 g/mol. The number of aliphatic hydroxyl groups excluding tert-OH is 1. The summed E-state index contributed by atoms with van der Waals surface area (Å²) in [5, 5.41) is 19.3. The smallest absolute Gasteiger partial charge is 0.361 e. The Morgan fingerprint density at radius 1 is 0.756 bits per heavy atom. The molecule has 4 unspecified atom stereocenters. The standard InChI is InChI=1S/C40H63N8O7S2.C9H11N3.C8H10N4.Os/c1-3-19-50-30-37(32-53-27-34-9-5-4-6-10-34)55-33-38(31-52-21-8-22-56-24-12-41)54-29-36(49)28-51-20-7-23-57-25-18-48-26-35(44-45-48)11-15-47-17-14-43-40(47)39-42-13-16-46(39)2;1-7-3-4-10-8(7)9-11-5-6-12(9)2;1-11-5-3-9-7(11)8-10-4-6-12(8)2;/h3-6,9-10,14,16-17,26,36-38,49H,1,7-8,11-13,15,18-25,27-33,41H2,2H3;3-7H,1-2H3;3-6H,1-2H3;/q+1;;;. The van der Waals surface area contributed by atoms with Crippen LogP contribution in [0, 0.1) is 5.92 Å². The molecule has 3 N–H and O–H groups in total. The molecule has 4 atom stereocenters. The van der Waals surface area contributed by atoms with Crippen molar-refractivity contribution < 1.29 is 57.9 Å². The average Bonchev–Trinajstić information content (AvgIpc) is 4.45. The number of allylic oxidation sites excluding steroid dienone is 1. The summed E-state index contributed by atoms with van der Waals surface area (Å²) >= 11 is 3.66. The number of aromatic nitrogens is 11. The maximum absolute atomic E-state index is 10.6. The van der Waals surface area contributed by atoms with Gasteiger partial charge in [0.05, 0.1) is 77.9 Å². The van der Waals surface area contributed by atoms with E-state index in [1.807, 2.05) is 155 Å². The van der Waals surface area contributed by atoms with E-state index in [0.717, 1.165) is 101 Å². The molecule has 7 heterocycles. The minimum absolute atomic E-state index is 0. The molecule has 0 aliphatic carbocycles. The first kappa shape index (κ1) is 67.5. The SMILES string of the molecule is C=CCOCC(COCc1ccccc1)OCC(COCCCSCCN)OCC(O)COCCCSCCn1cc(CCn2ccnc2C2=NCC=[N+]2C)nn1.CC1C=CN=C1c1nccn1C.Cn1ccnc1-c1nccn1C.[Os]. The van der Waals surface area contributed by atoms with E-state index < -0.39 is 6.10 Å². The van der Waals surface area contributed by atoms with Crippen LogP contribution in [0.4, 0.5) is 0 Å². The van der Waals surface area contributed by atoms with Crippen LogP contribution in [0.2, 0.25) is 0 Å². The van der Waals surface area contributed by atoms with E-state index in [-0.39, 0.29) is 51.8 Å². The van der Waals surface area contributed by atoms with Crippen LogP contribution in [-0.4, -0.2) is 202 Å². The summed E-state index contributed by atoms with van der Waals surface area (Å²) in [6.45, 7) is 12.4. The van der Waals surface area contributed by atoms with Gasteiger partial charge in [-0.1, -0.05) is 59.6 Å². The number of thioether (sulfide) groups is 2. The van der Waals surface area contributed by atoms with Crippen molar-refractivity contribution in [3.05, 3.63) is 134 Å². The van der Waals surface area contributed by atoms with Crippen molar-refractivity contribution in [2.75, 3.05) is 103 Å². The van der Waals surface area contributed by atoms with Crippen LogP contribution in [0.15, 0.2) is 121 Å². The van der Waals surface area contributed by atoms with E-state index >= 15 is 0 Å². The van der Waals surface area contributed by atoms with Crippen molar-refractivity contribution in [2.24, 2.45) is 42.8 Å². The van der Waals surface area contributed by atoms with Crippen LogP contribution in [0.5, 0.6) is 0 Å². The van der Waals surface area contributed by atoms with Gasteiger partial charge in [-0.3, -0.25) is 9.67 Å². The van der Waals surface area contributed by atoms with E-state index in [1.54, 1.807) is 24.7 Å². The Bertz CT molecular complexity index is 2780. The molecule has 22 nitrogen and oxygen atoms in total. The first-order valence-corrected chi connectivity index (χ1v) is 29.8. The first-order chi connectivity index (χ1) is 39.6. The number of nitrogens with zero attached hydrogens (tertiary/aromatic N) is 14. The minimum atomic E-state index is -0.771. The summed E-state index contributed by atoms with van der Waals surface area (Å²) in [6.07, 6.45) is 25.6. The zero-order valence-electron chi connectivity index (χ0n) is 48.2. The number of hydrogen-bond acceptors (Lipinski definition) is 18. The predicted molar refractivity (Wildman–Crippen MR) is 320 cm³/mol. The molecule has 0 fully saturated rings. The first-order valence-electron chi connectivity index (χ1n) is 27.5. The Balaban J connectivity index is 0.000000397. The van der Waals surface area contributed by atoms with Crippen molar-refractivity contribution in [3.8, 4) is 11.6 Å². The normalized spacial score (nSPS) is 14.7. The van der Waals surface area contributed by atoms with E-state index in [4.69, 9.17) is 34.2 Å². The summed E-state index contributed by atoms with van der Waals surface area (Å²) in [5.41, 5.74) is 8.69. The molecule has 6 aromatic rings. The second-order valence-electron chi connectivity index (χ2n) is 19.1. The molecule has 82 heavy (non-hydrogen) atoms. The number of benzene rings is 1. The van der Waals surface area contributed by atoms with Crippen molar-refractivity contribution in [2.45, 2.75) is 64.2 Å². The number of ether oxygens (including phenoxy) is 6. The third-order valence-corrected chi connectivity index (χ3v) is 14.6. The summed E-state index contributed by atoms with van der Waals surface area (Å²) in [7, 11) is 7.89. The molecular weight excluding hydrogens is 1260 g/mol. The number of aliphatic imine (C=N–C) groups is 2. The molecule has 2 aliphatic heterocycles. The molecule has 0 saturated heterocycles. The third-order valence-electron chi connectivity index (χ3n) is 12.4. The summed E-state index contributed by atoms with van der Waals surface area (Å²) < 4.78 is 47.6. The molecular formula is C57H84N15O7OsS2+. The summed E-state index contributed by atoms with van der Waals surface area (Å²) in [4.78, 5) is 25.9. The molecule has 5 aromatic heterocycles. The fourth-order valence-corrected chi connectivity index (χ4v) is 9.60. The van der Waals surface area contributed by atoms with Gasteiger partial charge in [0.1, 0.15) is 24.5 Å². The number of rotatable bonds is 37. The van der Waals surface area contributed by atoms with E-state index in [9.17, 15) is 5.11 Å². The summed E-state index contributed by atoms with van der Waals surface area (Å²) in [6, 6.07) is 10.0. The molecule has 8 rings (SSSR count). The molecule has 448 valence electrons. The quantitative estimate of drug-likeness (QED) is 0.0291. The molecule has 0 bridgehead atoms. The van der Waals surface area contributed by atoms with Crippen molar-refractivity contribution in [1.29, 1.82) is 0 Å². The predicted octanol–water partition coefficient (Wildman–Crippen LogP) is 5.17. The van der Waals surface area contributed by atoms with Crippen molar-refractivity contribution >= 4 is 41.3 Å². The van der Waals surface area contributed by atoms with Crippen molar-refractivity contribution in [3.63, 3.8) is 0 Å². The average molecular weight is 1350 g/mol. The number of aryl methyl sites for hydroxylation is 6. The minimum Gasteiger partial charge on any atom is -0.388 e. The molecule has 1 aromatic carbocycles. The zero-order chi connectivity index (χ0) is 57.3. The largest absolute Gasteiger partial charge is 0.388 e. The Hall–Kier alpha value is -5.29. The second kappa shape index (κ2) is 39.3. The number of hydrogen-bond donors (Lipinski definition) is 2. The Kier molecular flexibility index (Phi) is 32.3. The number of aliphatic hydroxyl groups is 1. The Labute approximate surface area is 504 Å². The van der Waals surface area contributed by atoms with Gasteiger partial charge in [-0.25, -0.2) is 24.5 Å².